The molecular weight excluding hydrogens is 196 g/mol. The molecule has 4 heavy (non-hydrogen) atoms. The Morgan fingerprint density at radius 1 is 1.25 bits per heavy atom. The molecule has 0 aromatic heterocycles. The molecule has 0 amide bonds. The molecule has 0 aliphatic carbocycles. The van der Waals surface area contributed by atoms with E-state index in [-0.39, 0.29) is 69.1 Å². The largest absolute Gasteiger partial charge is 2.00 e. The predicted molar refractivity (Wildman–Crippen MR) is 23.2 cm³/mol. The van der Waals surface area contributed by atoms with Gasteiger partial charge in [-0.2, -0.15) is 0 Å². The Kier molecular flexibility index (Phi) is 82.6. The van der Waals surface area contributed by atoms with Crippen molar-refractivity contribution in [2.75, 3.05) is 0 Å². The van der Waals surface area contributed by atoms with Crippen molar-refractivity contribution in [3.05, 3.63) is 0 Å². The second-order valence-corrected chi connectivity index (χ2v) is 0. The molecule has 0 aromatic rings. The standard InChI is InChI=1S/Al.Ba.H2O2.5H/c;;1-2;;;;;/h;;1-2H;;;;;/q;+2;;;;;2*-1. The smallest absolute Gasteiger partial charge is 1.00 e. The Balaban J connectivity index is -0.000000000833. The summed E-state index contributed by atoms with van der Waals surface area (Å²) in [7, 11) is 0. The van der Waals surface area contributed by atoms with E-state index in [2.05, 4.69) is 0 Å². The van der Waals surface area contributed by atoms with Gasteiger partial charge in [0.2, 0.25) is 0 Å². The van der Waals surface area contributed by atoms with Gasteiger partial charge in [0.05, 0.1) is 0 Å². The average Bonchev–Trinajstić information content (AvgIpc) is 1.00. The molecule has 0 fully saturated rings. The van der Waals surface area contributed by atoms with Gasteiger partial charge in [-0.3, -0.25) is 10.5 Å². The predicted octanol–water partition coefficient (Wildman–Crippen LogP) is -1.32. The van der Waals surface area contributed by atoms with E-state index in [0.717, 1.165) is 0 Å². The SMILES string of the molecule is OO.[AlH3].[Ba+2].[H-].[H-]. The molecule has 0 rings (SSSR count). The third-order valence-electron chi connectivity index (χ3n) is 0. The van der Waals surface area contributed by atoms with Crippen molar-refractivity contribution < 1.29 is 13.4 Å². The molecule has 0 unspecified atom stereocenters. The minimum atomic E-state index is 0. The number of hydrogen-bond donors (Lipinski definition) is 2. The molecule has 4 heteroatoms. The van der Waals surface area contributed by atoms with Crippen LogP contribution < -0.4 is 0 Å². The van der Waals surface area contributed by atoms with Gasteiger partial charge in [-0.25, -0.2) is 0 Å². The summed E-state index contributed by atoms with van der Waals surface area (Å²) >= 11 is 0. The fourth-order valence-corrected chi connectivity index (χ4v) is 0. The fourth-order valence-electron chi connectivity index (χ4n) is 0. The zero-order chi connectivity index (χ0) is 2.00. The van der Waals surface area contributed by atoms with E-state index >= 15 is 0 Å². The minimum absolute atomic E-state index is 0. The summed E-state index contributed by atoms with van der Waals surface area (Å²) in [6.07, 6.45) is 0. The molecular formula is H7AlBaO2. The van der Waals surface area contributed by atoms with Crippen LogP contribution in [-0.4, -0.2) is 76.8 Å². The topological polar surface area (TPSA) is 40.5 Å². The van der Waals surface area contributed by atoms with Gasteiger partial charge in [-0.1, -0.05) is 0 Å². The van der Waals surface area contributed by atoms with Crippen molar-refractivity contribution in [2.24, 2.45) is 0 Å². The van der Waals surface area contributed by atoms with E-state index in [1.54, 1.807) is 0 Å². The van der Waals surface area contributed by atoms with E-state index in [4.69, 9.17) is 10.5 Å². The summed E-state index contributed by atoms with van der Waals surface area (Å²) in [5, 5.41) is 12.0. The Morgan fingerprint density at radius 2 is 1.25 bits per heavy atom. The summed E-state index contributed by atoms with van der Waals surface area (Å²) in [6.45, 7) is 0. The van der Waals surface area contributed by atoms with Crippen LogP contribution in [0, 0.1) is 0 Å². The molecule has 0 heterocycles. The van der Waals surface area contributed by atoms with Gasteiger partial charge in [0.25, 0.3) is 0 Å². The molecule has 0 aliphatic rings. The summed E-state index contributed by atoms with van der Waals surface area (Å²) in [5.41, 5.74) is 0. The van der Waals surface area contributed by atoms with Gasteiger partial charge in [0.15, 0.2) is 17.4 Å². The van der Waals surface area contributed by atoms with Crippen LogP contribution in [-0.2, 0) is 0 Å². The molecule has 0 bridgehead atoms. The van der Waals surface area contributed by atoms with Crippen LogP contribution in [0.15, 0.2) is 0 Å². The molecule has 0 spiro atoms. The number of rotatable bonds is 0. The summed E-state index contributed by atoms with van der Waals surface area (Å²) in [5.74, 6) is 0. The molecule has 2 nitrogen and oxygen atoms in total. The Labute approximate surface area is 78.3 Å². The van der Waals surface area contributed by atoms with E-state index < -0.39 is 0 Å². The number of hydrogen-bond acceptors (Lipinski definition) is 2. The minimum Gasteiger partial charge on any atom is -1.00 e. The van der Waals surface area contributed by atoms with Gasteiger partial charge in [-0.15, -0.1) is 0 Å². The van der Waals surface area contributed by atoms with Crippen molar-refractivity contribution in [1.82, 2.24) is 0 Å². The Morgan fingerprint density at radius 3 is 1.25 bits per heavy atom. The van der Waals surface area contributed by atoms with E-state index in [1.165, 1.54) is 0 Å². The van der Waals surface area contributed by atoms with E-state index in [1.807, 2.05) is 0 Å². The van der Waals surface area contributed by atoms with E-state index in [9.17, 15) is 0 Å². The first-order valence-electron chi connectivity index (χ1n) is 0.200. The van der Waals surface area contributed by atoms with Crippen molar-refractivity contribution in [3.8, 4) is 0 Å². The molecule has 0 aliphatic heterocycles. The molecule has 0 radical (unpaired) electrons. The average molecular weight is 203 g/mol. The van der Waals surface area contributed by atoms with Gasteiger partial charge in [0.1, 0.15) is 0 Å². The summed E-state index contributed by atoms with van der Waals surface area (Å²) in [6, 6.07) is 0. The van der Waals surface area contributed by atoms with Crippen LogP contribution in [0.2, 0.25) is 0 Å². The summed E-state index contributed by atoms with van der Waals surface area (Å²) in [4.78, 5) is 0. The third kappa shape index (κ3) is 8.98. The van der Waals surface area contributed by atoms with Crippen LogP contribution in [0.4, 0.5) is 0 Å². The van der Waals surface area contributed by atoms with Crippen LogP contribution in [0.1, 0.15) is 2.85 Å². The second kappa shape index (κ2) is 19.9. The molecule has 0 aromatic carbocycles. The van der Waals surface area contributed by atoms with Crippen molar-refractivity contribution in [3.63, 3.8) is 0 Å². The first kappa shape index (κ1) is 16.6. The van der Waals surface area contributed by atoms with Gasteiger partial charge < -0.3 is 2.85 Å². The zero-order valence-corrected chi connectivity index (χ0v) is 6.04. The first-order valence-corrected chi connectivity index (χ1v) is 0.200. The van der Waals surface area contributed by atoms with Gasteiger partial charge in [0, 0.05) is 0 Å². The van der Waals surface area contributed by atoms with Crippen molar-refractivity contribution >= 4 is 66.2 Å². The van der Waals surface area contributed by atoms with Crippen molar-refractivity contribution in [1.29, 1.82) is 0 Å². The maximum atomic E-state index is 6.00. The molecule has 0 saturated carbocycles. The van der Waals surface area contributed by atoms with Crippen LogP contribution in [0.25, 0.3) is 0 Å². The maximum absolute atomic E-state index is 6.00. The second-order valence-electron chi connectivity index (χ2n) is 0. The maximum Gasteiger partial charge on any atom is 2.00 e. The normalized spacial score (nSPS) is 1.50. The molecule has 0 saturated heterocycles. The van der Waals surface area contributed by atoms with Gasteiger partial charge in [-0.05, 0) is 0 Å². The van der Waals surface area contributed by atoms with E-state index in [0.29, 0.717) is 0 Å². The fraction of sp³-hybridized carbons (Fsp3) is 0. The van der Waals surface area contributed by atoms with Crippen LogP contribution in [0.3, 0.4) is 0 Å². The monoisotopic (exact) mass is 204 g/mol. The third-order valence-corrected chi connectivity index (χ3v) is 0. The molecule has 2 N–H and O–H groups in total. The Hall–Kier alpha value is 2.02. The van der Waals surface area contributed by atoms with Crippen LogP contribution >= 0.6 is 0 Å². The quantitative estimate of drug-likeness (QED) is 0.291. The summed E-state index contributed by atoms with van der Waals surface area (Å²) < 4.78 is 0. The van der Waals surface area contributed by atoms with Crippen molar-refractivity contribution in [2.45, 2.75) is 0 Å². The first-order chi connectivity index (χ1) is 1.00. The zero-order valence-electron chi connectivity index (χ0n) is 3.60. The van der Waals surface area contributed by atoms with Gasteiger partial charge >= 0.3 is 48.9 Å². The Bertz CT molecular complexity index is 11.5. The molecule has 24 valence electrons. The van der Waals surface area contributed by atoms with Crippen LogP contribution in [0.5, 0.6) is 0 Å². The molecule has 0 atom stereocenters.